The largest absolute Gasteiger partial charge is 0.398 e. The molecule has 1 heterocycles. The maximum Gasteiger partial charge on any atom is 0.277 e. The molecule has 5 heteroatoms. The number of fused-ring (bicyclic) bond motifs is 1. The van der Waals surface area contributed by atoms with Crippen molar-refractivity contribution < 1.29 is 0 Å². The predicted octanol–water partition coefficient (Wildman–Crippen LogP) is 1.84. The van der Waals surface area contributed by atoms with Gasteiger partial charge in [-0.25, -0.2) is 2.17 Å². The number of halogens is 1. The normalized spacial score (nSPS) is 10.8. The highest BCUT2D eigenvalue weighted by molar-refractivity contribution is 14.1. The fourth-order valence-electron chi connectivity index (χ4n) is 1.04. The van der Waals surface area contributed by atoms with Gasteiger partial charge in [-0.1, -0.05) is 6.07 Å². The van der Waals surface area contributed by atoms with Crippen LogP contribution < -0.4 is 11.3 Å². The van der Waals surface area contributed by atoms with Crippen molar-refractivity contribution in [2.45, 2.75) is 0 Å². The van der Waals surface area contributed by atoms with Crippen LogP contribution in [0.25, 0.3) is 10.1 Å². The second-order valence-corrected chi connectivity index (χ2v) is 4.94. The Kier molecular flexibility index (Phi) is 1.84. The van der Waals surface area contributed by atoms with Crippen LogP contribution in [0, 0.1) is 0 Å². The Balaban J connectivity index is 3.05. The highest BCUT2D eigenvalue weighted by Crippen LogP contribution is 2.23. The average molecular weight is 292 g/mol. The van der Waals surface area contributed by atoms with Gasteiger partial charge in [-0.2, -0.15) is 0 Å². The van der Waals surface area contributed by atoms with Gasteiger partial charge in [0, 0.05) is 0 Å². The fraction of sp³-hybridized carbons (Fsp3) is 0. The summed E-state index contributed by atoms with van der Waals surface area (Å²) in [6.45, 7) is 0. The topological polar surface area (TPSA) is 48.0 Å². The van der Waals surface area contributed by atoms with Gasteiger partial charge in [0.15, 0.2) is 0 Å². The quantitative estimate of drug-likeness (QED) is 0.595. The van der Waals surface area contributed by atoms with Crippen LogP contribution >= 0.6 is 34.4 Å². The van der Waals surface area contributed by atoms with Crippen LogP contribution in [0.2, 0.25) is 0 Å². The Morgan fingerprint density at radius 2 is 2.25 bits per heavy atom. The van der Waals surface area contributed by atoms with Crippen LogP contribution in [0.5, 0.6) is 0 Å². The summed E-state index contributed by atoms with van der Waals surface area (Å²) in [7, 11) is 0. The minimum atomic E-state index is 0.0166. The van der Waals surface area contributed by atoms with Crippen molar-refractivity contribution in [2.75, 3.05) is 5.73 Å². The molecule has 0 saturated carbocycles. The number of nitrogen functional groups attached to an aromatic ring is 1. The number of nitrogens with two attached hydrogens (primary N) is 1. The number of nitrogens with zero attached hydrogens (tertiary/aromatic N) is 1. The van der Waals surface area contributed by atoms with E-state index < -0.39 is 0 Å². The Hall–Kier alpha value is -0.560. The molecule has 1 aromatic carbocycles. The number of hydrogen-bond acceptors (Lipinski definition) is 3. The predicted molar refractivity (Wildman–Crippen MR) is 59.9 cm³/mol. The molecule has 3 nitrogen and oxygen atoms in total. The van der Waals surface area contributed by atoms with Crippen molar-refractivity contribution in [1.82, 2.24) is 2.17 Å². The van der Waals surface area contributed by atoms with E-state index >= 15 is 0 Å². The summed E-state index contributed by atoms with van der Waals surface area (Å²) in [5.41, 5.74) is 6.38. The number of anilines is 1. The molecule has 0 bridgehead atoms. The Labute approximate surface area is 86.4 Å². The summed E-state index contributed by atoms with van der Waals surface area (Å²) in [4.78, 5) is 11.4. The second-order valence-electron chi connectivity index (χ2n) is 2.37. The third kappa shape index (κ3) is 1.04. The van der Waals surface area contributed by atoms with Crippen LogP contribution in [0.1, 0.15) is 0 Å². The van der Waals surface area contributed by atoms with Gasteiger partial charge >= 0.3 is 0 Å². The molecule has 0 fully saturated rings. The van der Waals surface area contributed by atoms with Gasteiger partial charge in [-0.3, -0.25) is 4.79 Å². The molecule has 0 atom stereocenters. The van der Waals surface area contributed by atoms with Crippen molar-refractivity contribution in [1.29, 1.82) is 0 Å². The van der Waals surface area contributed by atoms with Gasteiger partial charge < -0.3 is 5.73 Å². The summed E-state index contributed by atoms with van der Waals surface area (Å²) in [6, 6.07) is 5.39. The van der Waals surface area contributed by atoms with E-state index in [1.165, 1.54) is 11.5 Å². The average Bonchev–Trinajstić information content (AvgIpc) is 2.32. The van der Waals surface area contributed by atoms with E-state index in [2.05, 4.69) is 0 Å². The molecule has 0 aliphatic rings. The van der Waals surface area contributed by atoms with Crippen molar-refractivity contribution >= 4 is 50.2 Å². The maximum absolute atomic E-state index is 11.4. The van der Waals surface area contributed by atoms with Gasteiger partial charge in [-0.05, 0) is 23.7 Å². The lowest BCUT2D eigenvalue weighted by Gasteiger charge is -1.90. The molecule has 2 N–H and O–H groups in total. The first kappa shape index (κ1) is 8.06. The second kappa shape index (κ2) is 2.74. The zero-order valence-electron chi connectivity index (χ0n) is 5.95. The van der Waals surface area contributed by atoms with Gasteiger partial charge in [-0.15, -0.1) is 0 Å². The van der Waals surface area contributed by atoms with E-state index in [4.69, 9.17) is 5.73 Å². The van der Waals surface area contributed by atoms with Crippen molar-refractivity contribution in [3.8, 4) is 0 Å². The molecule has 0 saturated heterocycles. The molecule has 1 aromatic heterocycles. The molecule has 0 unspecified atom stereocenters. The van der Waals surface area contributed by atoms with Crippen molar-refractivity contribution in [3.05, 3.63) is 28.6 Å². The first-order chi connectivity index (χ1) is 5.70. The lowest BCUT2D eigenvalue weighted by molar-refractivity contribution is 1.42. The summed E-state index contributed by atoms with van der Waals surface area (Å²) < 4.78 is 2.43. The molecule has 0 spiro atoms. The fourth-order valence-corrected chi connectivity index (χ4v) is 2.66. The number of benzene rings is 1. The molecule has 0 aliphatic carbocycles. The van der Waals surface area contributed by atoms with Gasteiger partial charge in [0.1, 0.15) is 0 Å². The summed E-state index contributed by atoms with van der Waals surface area (Å²) in [5.74, 6) is 0. The number of rotatable bonds is 0. The number of aromatic nitrogens is 1. The monoisotopic (exact) mass is 292 g/mol. The highest BCUT2D eigenvalue weighted by Gasteiger charge is 2.06. The van der Waals surface area contributed by atoms with Crippen LogP contribution in [0.15, 0.2) is 23.0 Å². The van der Waals surface area contributed by atoms with Gasteiger partial charge in [0.05, 0.1) is 38.6 Å². The van der Waals surface area contributed by atoms with Crippen LogP contribution in [-0.4, -0.2) is 2.17 Å². The van der Waals surface area contributed by atoms with E-state index in [-0.39, 0.29) is 5.56 Å². The molecule has 0 amide bonds. The van der Waals surface area contributed by atoms with E-state index in [9.17, 15) is 4.79 Å². The van der Waals surface area contributed by atoms with E-state index in [1.54, 1.807) is 20.4 Å². The first-order valence-corrected chi connectivity index (χ1v) is 5.00. The van der Waals surface area contributed by atoms with Crippen molar-refractivity contribution in [2.24, 2.45) is 0 Å². The molecule has 0 radical (unpaired) electrons. The Morgan fingerprint density at radius 1 is 1.50 bits per heavy atom. The van der Waals surface area contributed by atoms with E-state index in [1.807, 2.05) is 22.9 Å². The minimum absolute atomic E-state index is 0.0166. The lowest BCUT2D eigenvalue weighted by Crippen LogP contribution is -2.02. The lowest BCUT2D eigenvalue weighted by atomic mass is 10.2. The van der Waals surface area contributed by atoms with E-state index in [0.717, 1.165) is 4.70 Å². The molecule has 2 aromatic rings. The number of hydrogen-bond donors (Lipinski definition) is 1. The zero-order chi connectivity index (χ0) is 8.72. The van der Waals surface area contributed by atoms with Gasteiger partial charge in [0.25, 0.3) is 5.56 Å². The van der Waals surface area contributed by atoms with Gasteiger partial charge in [0.2, 0.25) is 0 Å². The SMILES string of the molecule is Nc1cccc2c(=O)n(I)sc12. The van der Waals surface area contributed by atoms with Crippen molar-refractivity contribution in [3.63, 3.8) is 0 Å². The molecule has 12 heavy (non-hydrogen) atoms. The Bertz CT molecular complexity index is 488. The maximum atomic E-state index is 11.4. The standard InChI is InChI=1S/C7H5IN2OS/c8-10-7(11)4-2-1-3-5(9)6(4)12-10/h1-3H,9H2. The van der Waals surface area contributed by atoms with E-state index in [0.29, 0.717) is 11.1 Å². The summed E-state index contributed by atoms with van der Waals surface area (Å²) >= 11 is 3.33. The van der Waals surface area contributed by atoms with Crippen LogP contribution in [0.3, 0.4) is 0 Å². The molecular weight excluding hydrogens is 287 g/mol. The third-order valence-corrected chi connectivity index (χ3v) is 3.60. The van der Waals surface area contributed by atoms with Crippen LogP contribution in [-0.2, 0) is 0 Å². The zero-order valence-corrected chi connectivity index (χ0v) is 8.93. The molecular formula is C7H5IN2OS. The van der Waals surface area contributed by atoms with Crippen LogP contribution in [0.4, 0.5) is 5.69 Å². The summed E-state index contributed by atoms with van der Waals surface area (Å²) in [6.07, 6.45) is 0. The first-order valence-electron chi connectivity index (χ1n) is 3.27. The smallest absolute Gasteiger partial charge is 0.277 e. The Morgan fingerprint density at radius 3 is 2.92 bits per heavy atom. The highest BCUT2D eigenvalue weighted by atomic mass is 127. The third-order valence-electron chi connectivity index (χ3n) is 1.61. The minimum Gasteiger partial charge on any atom is -0.398 e. The molecule has 0 aliphatic heterocycles. The molecule has 2 rings (SSSR count). The summed E-state index contributed by atoms with van der Waals surface area (Å²) in [5, 5.41) is 0.703. The molecule has 62 valence electrons.